The Bertz CT molecular complexity index is 422. The van der Waals surface area contributed by atoms with Gasteiger partial charge in [-0.1, -0.05) is 0 Å². The molecular weight excluding hydrogens is 202 g/mol. The van der Waals surface area contributed by atoms with Gasteiger partial charge in [-0.05, 0) is 31.9 Å². The fraction of sp³-hybridized carbons (Fsp3) is 0.583. The first-order valence-corrected chi connectivity index (χ1v) is 5.68. The van der Waals surface area contributed by atoms with E-state index in [2.05, 4.69) is 29.8 Å². The number of amides is 1. The number of aromatic nitrogens is 1. The molecule has 0 aliphatic carbocycles. The van der Waals surface area contributed by atoms with Crippen molar-refractivity contribution in [1.29, 1.82) is 0 Å². The predicted octanol–water partition coefficient (Wildman–Crippen LogP) is 0.920. The summed E-state index contributed by atoms with van der Waals surface area (Å²) >= 11 is 0. The molecule has 0 radical (unpaired) electrons. The van der Waals surface area contributed by atoms with Gasteiger partial charge in [-0.15, -0.1) is 0 Å². The van der Waals surface area contributed by atoms with Gasteiger partial charge in [0.1, 0.15) is 0 Å². The minimum absolute atomic E-state index is 0.0261. The number of nitrogens with two attached hydrogens (primary N) is 1. The van der Waals surface area contributed by atoms with Crippen molar-refractivity contribution < 1.29 is 4.79 Å². The summed E-state index contributed by atoms with van der Waals surface area (Å²) in [6.07, 6.45) is 1.31. The number of nitrogens with zero attached hydrogens (tertiary/aromatic N) is 1. The highest BCUT2D eigenvalue weighted by atomic mass is 16.1. The highest BCUT2D eigenvalue weighted by molar-refractivity contribution is 5.77. The Kier molecular flexibility index (Phi) is 2.76. The van der Waals surface area contributed by atoms with E-state index >= 15 is 0 Å². The second-order valence-corrected chi connectivity index (χ2v) is 4.63. The van der Waals surface area contributed by atoms with E-state index in [4.69, 9.17) is 5.73 Å². The summed E-state index contributed by atoms with van der Waals surface area (Å²) in [7, 11) is 2.03. The number of aryl methyl sites for hydroxylation is 1. The lowest BCUT2D eigenvalue weighted by molar-refractivity contribution is -0.123. The van der Waals surface area contributed by atoms with E-state index < -0.39 is 0 Å². The Hall–Kier alpha value is -1.29. The largest absolute Gasteiger partial charge is 0.352 e. The van der Waals surface area contributed by atoms with Gasteiger partial charge in [-0.2, -0.15) is 0 Å². The van der Waals surface area contributed by atoms with Crippen molar-refractivity contribution in [2.45, 2.75) is 38.8 Å². The summed E-state index contributed by atoms with van der Waals surface area (Å²) < 4.78 is 2.13. The molecule has 1 fully saturated rings. The van der Waals surface area contributed by atoms with Crippen LogP contribution in [-0.4, -0.2) is 16.5 Å². The van der Waals surface area contributed by atoms with Crippen molar-refractivity contribution >= 4 is 5.91 Å². The van der Waals surface area contributed by atoms with Crippen LogP contribution in [0.2, 0.25) is 0 Å². The molecule has 3 N–H and O–H groups in total. The van der Waals surface area contributed by atoms with Gasteiger partial charge in [0.25, 0.3) is 0 Å². The van der Waals surface area contributed by atoms with Gasteiger partial charge >= 0.3 is 0 Å². The molecule has 1 saturated heterocycles. The van der Waals surface area contributed by atoms with E-state index in [1.807, 2.05) is 7.05 Å². The van der Waals surface area contributed by atoms with Crippen molar-refractivity contribution in [3.05, 3.63) is 23.0 Å². The summed E-state index contributed by atoms with van der Waals surface area (Å²) in [5.74, 6) is 0.104. The molecule has 0 spiro atoms. The van der Waals surface area contributed by atoms with E-state index in [1.165, 1.54) is 11.4 Å². The molecule has 0 saturated carbocycles. The van der Waals surface area contributed by atoms with Gasteiger partial charge in [0.2, 0.25) is 5.91 Å². The average Bonchev–Trinajstić information content (AvgIpc) is 2.50. The summed E-state index contributed by atoms with van der Waals surface area (Å²) in [6.45, 7) is 4.13. The highest BCUT2D eigenvalue weighted by Crippen LogP contribution is 2.27. The Morgan fingerprint density at radius 1 is 1.50 bits per heavy atom. The molecule has 88 valence electrons. The number of carbonyl (C=O) groups excluding carboxylic acids is 1. The summed E-state index contributed by atoms with van der Waals surface area (Å²) in [5.41, 5.74) is 9.61. The van der Waals surface area contributed by atoms with Crippen LogP contribution in [0.5, 0.6) is 0 Å². The normalized spacial score (nSPS) is 25.6. The smallest absolute Gasteiger partial charge is 0.220 e. The number of piperidine rings is 1. The van der Waals surface area contributed by atoms with E-state index in [0.717, 1.165) is 12.0 Å². The van der Waals surface area contributed by atoms with E-state index in [0.29, 0.717) is 6.42 Å². The van der Waals surface area contributed by atoms with Crippen LogP contribution in [0.15, 0.2) is 6.07 Å². The molecule has 1 aliphatic rings. The quantitative estimate of drug-likeness (QED) is 0.741. The maximum atomic E-state index is 11.4. The third-order valence-electron chi connectivity index (χ3n) is 3.60. The molecule has 2 heterocycles. The van der Waals surface area contributed by atoms with Crippen LogP contribution < -0.4 is 11.1 Å². The fourth-order valence-corrected chi connectivity index (χ4v) is 2.32. The van der Waals surface area contributed by atoms with Crippen LogP contribution in [0.3, 0.4) is 0 Å². The zero-order valence-corrected chi connectivity index (χ0v) is 10.1. The Morgan fingerprint density at radius 3 is 2.75 bits per heavy atom. The molecule has 1 aliphatic heterocycles. The summed E-state index contributed by atoms with van der Waals surface area (Å²) in [4.78, 5) is 11.4. The SMILES string of the molecule is Cc1cc([C@@H]2NC(=O)CC[C@@H]2N)c(C)n1C. The first kappa shape index (κ1) is 11.2. The van der Waals surface area contributed by atoms with Crippen molar-refractivity contribution in [1.82, 2.24) is 9.88 Å². The molecule has 1 amide bonds. The van der Waals surface area contributed by atoms with Crippen molar-refractivity contribution in [3.8, 4) is 0 Å². The lowest BCUT2D eigenvalue weighted by Crippen LogP contribution is -2.45. The van der Waals surface area contributed by atoms with Gasteiger partial charge in [0.15, 0.2) is 0 Å². The van der Waals surface area contributed by atoms with Crippen molar-refractivity contribution in [3.63, 3.8) is 0 Å². The Labute approximate surface area is 95.8 Å². The summed E-state index contributed by atoms with van der Waals surface area (Å²) in [5, 5.41) is 2.99. The van der Waals surface area contributed by atoms with Crippen LogP contribution >= 0.6 is 0 Å². The maximum Gasteiger partial charge on any atom is 0.220 e. The second kappa shape index (κ2) is 3.94. The molecule has 2 atom stereocenters. The highest BCUT2D eigenvalue weighted by Gasteiger charge is 2.29. The van der Waals surface area contributed by atoms with Gasteiger partial charge in [-0.3, -0.25) is 4.79 Å². The molecular formula is C12H19N3O. The monoisotopic (exact) mass is 221 g/mol. The van der Waals surface area contributed by atoms with Gasteiger partial charge in [0, 0.05) is 30.9 Å². The third kappa shape index (κ3) is 1.73. The fourth-order valence-electron chi connectivity index (χ4n) is 2.32. The number of nitrogens with one attached hydrogen (secondary N) is 1. The van der Waals surface area contributed by atoms with E-state index in [1.54, 1.807) is 0 Å². The zero-order chi connectivity index (χ0) is 11.9. The molecule has 4 nitrogen and oxygen atoms in total. The number of rotatable bonds is 1. The zero-order valence-electron chi connectivity index (χ0n) is 10.1. The van der Waals surface area contributed by atoms with Gasteiger partial charge < -0.3 is 15.6 Å². The molecule has 2 rings (SSSR count). The standard InChI is InChI=1S/C12H19N3O/c1-7-6-9(8(2)15(7)3)12-10(13)4-5-11(16)14-12/h6,10,12H,4-5,13H2,1-3H3,(H,14,16)/t10-,12-/m0/s1. The molecule has 4 heteroatoms. The Morgan fingerprint density at radius 2 is 2.19 bits per heavy atom. The Balaban J connectivity index is 2.35. The molecule has 1 aromatic heterocycles. The minimum atomic E-state index is -0.0267. The van der Waals surface area contributed by atoms with Crippen LogP contribution in [0.1, 0.15) is 35.8 Å². The maximum absolute atomic E-state index is 11.4. The molecule has 1 aromatic rings. The van der Waals surface area contributed by atoms with Crippen LogP contribution in [0, 0.1) is 13.8 Å². The molecule has 0 aromatic carbocycles. The molecule has 0 bridgehead atoms. The number of carbonyl (C=O) groups is 1. The predicted molar refractivity (Wildman–Crippen MR) is 63.0 cm³/mol. The number of hydrogen-bond acceptors (Lipinski definition) is 2. The first-order chi connectivity index (χ1) is 7.50. The number of hydrogen-bond donors (Lipinski definition) is 2. The average molecular weight is 221 g/mol. The van der Waals surface area contributed by atoms with E-state index in [9.17, 15) is 4.79 Å². The second-order valence-electron chi connectivity index (χ2n) is 4.63. The van der Waals surface area contributed by atoms with Crippen molar-refractivity contribution in [2.24, 2.45) is 12.8 Å². The van der Waals surface area contributed by atoms with E-state index in [-0.39, 0.29) is 18.0 Å². The van der Waals surface area contributed by atoms with Crippen LogP contribution in [-0.2, 0) is 11.8 Å². The van der Waals surface area contributed by atoms with Gasteiger partial charge in [-0.25, -0.2) is 0 Å². The lowest BCUT2D eigenvalue weighted by atomic mass is 9.93. The third-order valence-corrected chi connectivity index (χ3v) is 3.60. The van der Waals surface area contributed by atoms with Crippen LogP contribution in [0.25, 0.3) is 0 Å². The molecule has 0 unspecified atom stereocenters. The molecule has 16 heavy (non-hydrogen) atoms. The van der Waals surface area contributed by atoms with Gasteiger partial charge in [0.05, 0.1) is 6.04 Å². The van der Waals surface area contributed by atoms with Crippen LogP contribution in [0.4, 0.5) is 0 Å². The minimum Gasteiger partial charge on any atom is -0.352 e. The lowest BCUT2D eigenvalue weighted by Gasteiger charge is -2.29. The first-order valence-electron chi connectivity index (χ1n) is 5.68. The van der Waals surface area contributed by atoms with Crippen molar-refractivity contribution in [2.75, 3.05) is 0 Å². The topological polar surface area (TPSA) is 60.1 Å². The summed E-state index contributed by atoms with van der Waals surface area (Å²) in [6, 6.07) is 2.12.